The molecule has 1 atom stereocenters. The van der Waals surface area contributed by atoms with E-state index in [4.69, 9.17) is 4.74 Å². The Balaban J connectivity index is 1.59. The summed E-state index contributed by atoms with van der Waals surface area (Å²) in [5, 5.41) is 8.28. The minimum atomic E-state index is -0.322. The van der Waals surface area contributed by atoms with E-state index >= 15 is 0 Å². The molecule has 1 aliphatic heterocycles. The lowest BCUT2D eigenvalue weighted by Gasteiger charge is -2.18. The van der Waals surface area contributed by atoms with Gasteiger partial charge in [0.1, 0.15) is 6.10 Å². The van der Waals surface area contributed by atoms with Crippen LogP contribution in [-0.4, -0.2) is 30.1 Å². The molecule has 3 rings (SSSR count). The standard InChI is InChI=1S/C19H20N4O2/c1-14(2)19(24)25-17-10-12-23(13-17)16-8-6-15(7-9-16)21-22-18-5-3-4-11-20-18/h3-9,11,17H,1,10,12-13H2,2H3/t17-/m0/s1. The topological polar surface area (TPSA) is 67.2 Å². The van der Waals surface area contributed by atoms with Gasteiger partial charge in [0.2, 0.25) is 0 Å². The Morgan fingerprint density at radius 2 is 2.04 bits per heavy atom. The average molecular weight is 336 g/mol. The normalized spacial score (nSPS) is 17.0. The van der Waals surface area contributed by atoms with Crippen molar-refractivity contribution >= 4 is 23.2 Å². The molecule has 1 aromatic heterocycles. The predicted octanol–water partition coefficient (Wildman–Crippen LogP) is 4.20. The summed E-state index contributed by atoms with van der Waals surface area (Å²) in [5.41, 5.74) is 2.27. The molecule has 2 aromatic rings. The van der Waals surface area contributed by atoms with Gasteiger partial charge in [-0.15, -0.1) is 10.2 Å². The van der Waals surface area contributed by atoms with E-state index in [-0.39, 0.29) is 12.1 Å². The first-order valence-electron chi connectivity index (χ1n) is 8.16. The molecule has 0 spiro atoms. The van der Waals surface area contributed by atoms with Crippen molar-refractivity contribution in [3.63, 3.8) is 0 Å². The summed E-state index contributed by atoms with van der Waals surface area (Å²) in [6, 6.07) is 13.3. The Morgan fingerprint density at radius 1 is 1.24 bits per heavy atom. The fraction of sp³-hybridized carbons (Fsp3) is 0.263. The van der Waals surface area contributed by atoms with Gasteiger partial charge in [0.25, 0.3) is 0 Å². The molecule has 1 aromatic carbocycles. The molecule has 0 aliphatic carbocycles. The zero-order valence-electron chi connectivity index (χ0n) is 14.1. The molecule has 2 heterocycles. The first kappa shape index (κ1) is 16.8. The third-order valence-electron chi connectivity index (χ3n) is 3.90. The number of pyridine rings is 1. The second kappa shape index (κ2) is 7.70. The molecule has 1 saturated heterocycles. The molecule has 0 saturated carbocycles. The van der Waals surface area contributed by atoms with Gasteiger partial charge in [-0.1, -0.05) is 12.6 Å². The van der Waals surface area contributed by atoms with Crippen LogP contribution < -0.4 is 4.90 Å². The number of hydrogen-bond acceptors (Lipinski definition) is 6. The molecule has 0 amide bonds. The third kappa shape index (κ3) is 4.50. The minimum Gasteiger partial charge on any atom is -0.457 e. The van der Waals surface area contributed by atoms with E-state index in [1.807, 2.05) is 36.4 Å². The highest BCUT2D eigenvalue weighted by Gasteiger charge is 2.25. The Hall–Kier alpha value is -3.02. The van der Waals surface area contributed by atoms with Gasteiger partial charge in [0.15, 0.2) is 5.82 Å². The van der Waals surface area contributed by atoms with E-state index in [9.17, 15) is 4.79 Å². The van der Waals surface area contributed by atoms with Crippen LogP contribution in [0.3, 0.4) is 0 Å². The molecule has 0 unspecified atom stereocenters. The average Bonchev–Trinajstić information content (AvgIpc) is 3.09. The number of esters is 1. The van der Waals surface area contributed by atoms with Gasteiger partial charge in [-0.25, -0.2) is 9.78 Å². The maximum atomic E-state index is 11.6. The number of azo groups is 1. The summed E-state index contributed by atoms with van der Waals surface area (Å²) in [5.74, 6) is 0.255. The van der Waals surface area contributed by atoms with E-state index in [2.05, 4.69) is 26.7 Å². The van der Waals surface area contributed by atoms with E-state index in [0.29, 0.717) is 17.9 Å². The van der Waals surface area contributed by atoms with Gasteiger partial charge in [-0.05, 0) is 43.3 Å². The van der Waals surface area contributed by atoms with E-state index < -0.39 is 0 Å². The molecule has 0 bridgehead atoms. The van der Waals surface area contributed by atoms with Gasteiger partial charge >= 0.3 is 5.97 Å². The lowest BCUT2D eigenvalue weighted by Crippen LogP contribution is -2.24. The number of carbonyl (C=O) groups is 1. The van der Waals surface area contributed by atoms with Crippen molar-refractivity contribution in [1.29, 1.82) is 0 Å². The number of carbonyl (C=O) groups excluding carboxylic acids is 1. The van der Waals surface area contributed by atoms with Crippen LogP contribution in [0.25, 0.3) is 0 Å². The Bertz CT molecular complexity index is 772. The van der Waals surface area contributed by atoms with Gasteiger partial charge in [0.05, 0.1) is 12.2 Å². The summed E-state index contributed by atoms with van der Waals surface area (Å²) in [4.78, 5) is 17.9. The van der Waals surface area contributed by atoms with Crippen molar-refractivity contribution in [2.45, 2.75) is 19.4 Å². The van der Waals surface area contributed by atoms with Gasteiger partial charge < -0.3 is 9.64 Å². The smallest absolute Gasteiger partial charge is 0.333 e. The second-order valence-electron chi connectivity index (χ2n) is 5.95. The monoisotopic (exact) mass is 336 g/mol. The molecule has 128 valence electrons. The van der Waals surface area contributed by atoms with Crippen molar-refractivity contribution in [2.24, 2.45) is 10.2 Å². The minimum absolute atomic E-state index is 0.0901. The van der Waals surface area contributed by atoms with E-state index in [1.165, 1.54) is 0 Å². The number of nitrogens with zero attached hydrogens (tertiary/aromatic N) is 4. The number of hydrogen-bond donors (Lipinski definition) is 0. The molecule has 25 heavy (non-hydrogen) atoms. The van der Waals surface area contributed by atoms with Gasteiger partial charge in [0, 0.05) is 30.4 Å². The first-order chi connectivity index (χ1) is 12.1. The van der Waals surface area contributed by atoms with Crippen molar-refractivity contribution in [3.8, 4) is 0 Å². The molecule has 0 radical (unpaired) electrons. The lowest BCUT2D eigenvalue weighted by molar-refractivity contribution is -0.143. The molecule has 1 fully saturated rings. The van der Waals surface area contributed by atoms with Gasteiger partial charge in [-0.2, -0.15) is 0 Å². The molecule has 1 aliphatic rings. The molecular weight excluding hydrogens is 316 g/mol. The second-order valence-corrected chi connectivity index (χ2v) is 5.95. The highest BCUT2D eigenvalue weighted by Crippen LogP contribution is 2.25. The van der Waals surface area contributed by atoms with Crippen LogP contribution in [0.1, 0.15) is 13.3 Å². The number of benzene rings is 1. The predicted molar refractivity (Wildman–Crippen MR) is 96.4 cm³/mol. The Labute approximate surface area is 146 Å². The zero-order valence-corrected chi connectivity index (χ0v) is 14.1. The third-order valence-corrected chi connectivity index (χ3v) is 3.90. The summed E-state index contributed by atoms with van der Waals surface area (Å²) in [7, 11) is 0. The lowest BCUT2D eigenvalue weighted by atomic mass is 10.2. The fourth-order valence-electron chi connectivity index (χ4n) is 2.56. The van der Waals surface area contributed by atoms with Crippen LogP contribution in [0, 0.1) is 0 Å². The van der Waals surface area contributed by atoms with Crippen molar-refractivity contribution in [2.75, 3.05) is 18.0 Å². The largest absolute Gasteiger partial charge is 0.457 e. The van der Waals surface area contributed by atoms with Crippen LogP contribution >= 0.6 is 0 Å². The van der Waals surface area contributed by atoms with Crippen molar-refractivity contribution in [1.82, 2.24) is 4.98 Å². The van der Waals surface area contributed by atoms with Crippen molar-refractivity contribution < 1.29 is 9.53 Å². The quantitative estimate of drug-likeness (QED) is 0.466. The number of rotatable bonds is 5. The SMILES string of the molecule is C=C(C)C(=O)O[C@H]1CCN(c2ccc(N=Nc3ccccn3)cc2)C1. The summed E-state index contributed by atoms with van der Waals surface area (Å²) < 4.78 is 5.42. The van der Waals surface area contributed by atoms with Crippen LogP contribution in [0.4, 0.5) is 17.2 Å². The first-order valence-corrected chi connectivity index (χ1v) is 8.16. The van der Waals surface area contributed by atoms with E-state index in [1.54, 1.807) is 19.2 Å². The maximum Gasteiger partial charge on any atom is 0.333 e. The number of anilines is 1. The fourth-order valence-corrected chi connectivity index (χ4v) is 2.56. The maximum absolute atomic E-state index is 11.6. The summed E-state index contributed by atoms with van der Waals surface area (Å²) >= 11 is 0. The van der Waals surface area contributed by atoms with Crippen LogP contribution in [-0.2, 0) is 9.53 Å². The van der Waals surface area contributed by atoms with Crippen LogP contribution in [0.15, 0.2) is 71.0 Å². The number of ether oxygens (including phenoxy) is 1. The van der Waals surface area contributed by atoms with Crippen LogP contribution in [0.5, 0.6) is 0 Å². The Morgan fingerprint density at radius 3 is 2.72 bits per heavy atom. The molecule has 6 nitrogen and oxygen atoms in total. The highest BCUT2D eigenvalue weighted by molar-refractivity contribution is 5.87. The molecule has 6 heteroatoms. The highest BCUT2D eigenvalue weighted by atomic mass is 16.5. The summed E-state index contributed by atoms with van der Waals surface area (Å²) in [6.07, 6.45) is 2.41. The molecular formula is C19H20N4O2. The zero-order chi connectivity index (χ0) is 17.6. The summed E-state index contributed by atoms with van der Waals surface area (Å²) in [6.45, 7) is 6.81. The Kier molecular flexibility index (Phi) is 5.18. The van der Waals surface area contributed by atoms with Gasteiger partial charge in [-0.3, -0.25) is 0 Å². The molecule has 0 N–H and O–H groups in total. The van der Waals surface area contributed by atoms with Crippen LogP contribution in [0.2, 0.25) is 0 Å². The van der Waals surface area contributed by atoms with E-state index in [0.717, 1.165) is 24.3 Å². The van der Waals surface area contributed by atoms with Crippen molar-refractivity contribution in [3.05, 3.63) is 60.8 Å². The number of aromatic nitrogens is 1.